The van der Waals surface area contributed by atoms with Gasteiger partial charge in [-0.3, -0.25) is 4.68 Å². The predicted molar refractivity (Wildman–Crippen MR) is 90.6 cm³/mol. The highest BCUT2D eigenvalue weighted by Gasteiger charge is 2.31. The van der Waals surface area contributed by atoms with Gasteiger partial charge in [0.1, 0.15) is 5.52 Å². The van der Waals surface area contributed by atoms with Gasteiger partial charge in [-0.1, -0.05) is 0 Å². The Hall–Kier alpha value is -1.89. The molecular formula is C16H17BrN6. The van der Waals surface area contributed by atoms with Crippen molar-refractivity contribution in [2.45, 2.75) is 25.3 Å². The predicted octanol–water partition coefficient (Wildman–Crippen LogP) is 2.70. The molecule has 0 unspecified atom stereocenters. The number of rotatable bonds is 4. The van der Waals surface area contributed by atoms with Gasteiger partial charge in [-0.25, -0.2) is 9.50 Å². The fourth-order valence-corrected chi connectivity index (χ4v) is 3.64. The van der Waals surface area contributed by atoms with E-state index < -0.39 is 0 Å². The van der Waals surface area contributed by atoms with Gasteiger partial charge >= 0.3 is 0 Å². The van der Waals surface area contributed by atoms with E-state index in [0.29, 0.717) is 11.8 Å². The molecule has 1 saturated carbocycles. The van der Waals surface area contributed by atoms with Gasteiger partial charge in [0.25, 0.3) is 0 Å². The van der Waals surface area contributed by atoms with E-state index in [2.05, 4.69) is 37.0 Å². The minimum atomic E-state index is 0.620. The van der Waals surface area contributed by atoms with Crippen LogP contribution in [0, 0.1) is 5.92 Å². The molecule has 23 heavy (non-hydrogen) atoms. The summed E-state index contributed by atoms with van der Waals surface area (Å²) in [5.74, 6) is 2.35. The van der Waals surface area contributed by atoms with Crippen molar-refractivity contribution in [2.24, 2.45) is 5.92 Å². The Morgan fingerprint density at radius 3 is 2.87 bits per heavy atom. The standard InChI is InChI=1S/C16H17BrN6/c17-13-6-19-22(10-13)9-11-7-21(8-11)16-15-5-14(12-1-2-12)20-23(15)4-3-18-16/h3-6,10-12H,1-2,7-9H2. The van der Waals surface area contributed by atoms with Crippen molar-refractivity contribution in [2.75, 3.05) is 18.0 Å². The van der Waals surface area contributed by atoms with E-state index in [9.17, 15) is 0 Å². The van der Waals surface area contributed by atoms with Crippen LogP contribution >= 0.6 is 15.9 Å². The monoisotopic (exact) mass is 372 g/mol. The molecule has 1 saturated heterocycles. The fraction of sp³-hybridized carbons (Fsp3) is 0.438. The summed E-state index contributed by atoms with van der Waals surface area (Å²) >= 11 is 3.44. The molecule has 3 aromatic rings. The van der Waals surface area contributed by atoms with Crippen LogP contribution in [0.2, 0.25) is 0 Å². The molecule has 0 radical (unpaired) electrons. The van der Waals surface area contributed by atoms with Crippen molar-refractivity contribution in [3.05, 3.63) is 41.0 Å². The second kappa shape index (κ2) is 5.06. The van der Waals surface area contributed by atoms with Gasteiger partial charge in [0.2, 0.25) is 0 Å². The van der Waals surface area contributed by atoms with Crippen molar-refractivity contribution in [1.29, 1.82) is 0 Å². The maximum Gasteiger partial charge on any atom is 0.154 e. The maximum absolute atomic E-state index is 4.70. The smallest absolute Gasteiger partial charge is 0.154 e. The van der Waals surface area contributed by atoms with Gasteiger partial charge in [0, 0.05) is 50.1 Å². The highest BCUT2D eigenvalue weighted by molar-refractivity contribution is 9.10. The molecule has 118 valence electrons. The van der Waals surface area contributed by atoms with E-state index in [-0.39, 0.29) is 0 Å². The molecule has 4 heterocycles. The first-order valence-electron chi connectivity index (χ1n) is 8.03. The van der Waals surface area contributed by atoms with Crippen LogP contribution < -0.4 is 4.90 Å². The van der Waals surface area contributed by atoms with Gasteiger partial charge in [-0.15, -0.1) is 0 Å². The van der Waals surface area contributed by atoms with Crippen molar-refractivity contribution < 1.29 is 0 Å². The van der Waals surface area contributed by atoms with Crippen molar-refractivity contribution in [3.8, 4) is 0 Å². The number of hydrogen-bond donors (Lipinski definition) is 0. The van der Waals surface area contributed by atoms with Crippen LogP contribution in [0.3, 0.4) is 0 Å². The fourth-order valence-electron chi connectivity index (χ4n) is 3.31. The third-order valence-electron chi connectivity index (χ3n) is 4.69. The normalized spacial score (nSPS) is 18.6. The molecule has 0 bridgehead atoms. The Balaban J connectivity index is 1.34. The largest absolute Gasteiger partial charge is 0.354 e. The zero-order valence-electron chi connectivity index (χ0n) is 12.6. The zero-order chi connectivity index (χ0) is 15.4. The Bertz CT molecular complexity index is 858. The Labute approximate surface area is 142 Å². The number of fused-ring (bicyclic) bond motifs is 1. The lowest BCUT2D eigenvalue weighted by atomic mass is 10.0. The molecule has 0 spiro atoms. The average Bonchev–Trinajstić information content (AvgIpc) is 3.13. The topological polar surface area (TPSA) is 51.2 Å². The third-order valence-corrected chi connectivity index (χ3v) is 5.10. The first-order valence-corrected chi connectivity index (χ1v) is 8.83. The first kappa shape index (κ1) is 13.5. The zero-order valence-corrected chi connectivity index (χ0v) is 14.2. The van der Waals surface area contributed by atoms with Gasteiger partial charge < -0.3 is 4.90 Å². The van der Waals surface area contributed by atoms with E-state index in [4.69, 9.17) is 5.10 Å². The lowest BCUT2D eigenvalue weighted by molar-refractivity contribution is 0.340. The summed E-state index contributed by atoms with van der Waals surface area (Å²) in [7, 11) is 0. The summed E-state index contributed by atoms with van der Waals surface area (Å²) in [4.78, 5) is 6.95. The Kier molecular flexibility index (Phi) is 2.98. The van der Waals surface area contributed by atoms with Gasteiger partial charge in [0.15, 0.2) is 5.82 Å². The quantitative estimate of drug-likeness (QED) is 0.706. The molecular weight excluding hydrogens is 356 g/mol. The van der Waals surface area contributed by atoms with Crippen molar-refractivity contribution in [3.63, 3.8) is 0 Å². The van der Waals surface area contributed by atoms with Crippen LogP contribution in [0.4, 0.5) is 5.82 Å². The second-order valence-corrected chi connectivity index (χ2v) is 7.49. The lowest BCUT2D eigenvalue weighted by Crippen LogP contribution is -2.49. The van der Waals surface area contributed by atoms with E-state index >= 15 is 0 Å². The Morgan fingerprint density at radius 2 is 2.13 bits per heavy atom. The molecule has 5 rings (SSSR count). The van der Waals surface area contributed by atoms with E-state index in [1.165, 1.54) is 18.5 Å². The molecule has 0 N–H and O–H groups in total. The van der Waals surface area contributed by atoms with Crippen LogP contribution in [0.15, 0.2) is 35.3 Å². The highest BCUT2D eigenvalue weighted by Crippen LogP contribution is 2.40. The summed E-state index contributed by atoms with van der Waals surface area (Å²) in [5, 5.41) is 9.03. The molecule has 1 aliphatic heterocycles. The molecule has 1 aliphatic carbocycles. The molecule has 6 nitrogen and oxygen atoms in total. The van der Waals surface area contributed by atoms with E-state index in [0.717, 1.165) is 35.4 Å². The first-order chi connectivity index (χ1) is 11.3. The second-order valence-electron chi connectivity index (χ2n) is 6.58. The minimum absolute atomic E-state index is 0.620. The van der Waals surface area contributed by atoms with Gasteiger partial charge in [-0.05, 0) is 34.8 Å². The molecule has 0 aromatic carbocycles. The number of halogens is 1. The van der Waals surface area contributed by atoms with Crippen LogP contribution in [-0.4, -0.2) is 37.5 Å². The SMILES string of the molecule is Brc1cnn(CC2CN(c3nccn4nc(C5CC5)cc34)C2)c1. The molecule has 2 aliphatic rings. The highest BCUT2D eigenvalue weighted by atomic mass is 79.9. The average molecular weight is 373 g/mol. The van der Waals surface area contributed by atoms with Crippen molar-refractivity contribution >= 4 is 27.3 Å². The molecule has 0 amide bonds. The molecule has 3 aromatic heterocycles. The lowest BCUT2D eigenvalue weighted by Gasteiger charge is -2.40. The summed E-state index contributed by atoms with van der Waals surface area (Å²) in [6.07, 6.45) is 10.2. The summed E-state index contributed by atoms with van der Waals surface area (Å²) in [6, 6.07) is 2.22. The summed E-state index contributed by atoms with van der Waals surface area (Å²) in [5.41, 5.74) is 2.35. The summed E-state index contributed by atoms with van der Waals surface area (Å²) < 4.78 is 5.02. The van der Waals surface area contributed by atoms with E-state index in [1.54, 1.807) is 0 Å². The van der Waals surface area contributed by atoms with Gasteiger partial charge in [0.05, 0.1) is 16.4 Å². The minimum Gasteiger partial charge on any atom is -0.354 e. The maximum atomic E-state index is 4.70. The van der Waals surface area contributed by atoms with E-state index in [1.807, 2.05) is 34.0 Å². The number of anilines is 1. The summed E-state index contributed by atoms with van der Waals surface area (Å²) in [6.45, 7) is 3.00. The van der Waals surface area contributed by atoms with Crippen LogP contribution in [0.1, 0.15) is 24.5 Å². The van der Waals surface area contributed by atoms with Gasteiger partial charge in [-0.2, -0.15) is 10.2 Å². The van der Waals surface area contributed by atoms with Crippen LogP contribution in [0.5, 0.6) is 0 Å². The molecule has 2 fully saturated rings. The number of nitrogens with zero attached hydrogens (tertiary/aromatic N) is 6. The van der Waals surface area contributed by atoms with Crippen LogP contribution in [0.25, 0.3) is 5.52 Å². The third kappa shape index (κ3) is 2.43. The molecule has 7 heteroatoms. The Morgan fingerprint density at radius 1 is 1.26 bits per heavy atom. The number of aromatic nitrogens is 5. The van der Waals surface area contributed by atoms with Crippen molar-refractivity contribution in [1.82, 2.24) is 24.4 Å². The van der Waals surface area contributed by atoms with Crippen LogP contribution in [-0.2, 0) is 6.54 Å². The number of hydrogen-bond acceptors (Lipinski definition) is 4. The molecule has 0 atom stereocenters.